The van der Waals surface area contributed by atoms with Crippen molar-refractivity contribution in [1.82, 2.24) is 24.5 Å². The lowest BCUT2D eigenvalue weighted by Crippen LogP contribution is -2.24. The molecule has 0 saturated heterocycles. The number of aliphatic hydroxyl groups is 1. The fraction of sp³-hybridized carbons (Fsp3) is 0.368. The standard InChI is InChI=1S/C38H33ClF6N6O4S/c1-37(2,53)10-9-22-5-6-24(25-7-8-28(39)30-33(25)50(3)48-36(30)49-56(4,54)55)31(46-22)19(11-18-12-20(40)15-21(41)13-18)14-23(52)17-51-34-29(32(47-51)35(42)43)26-16-27(26)38(34,44)45/h5-8,12-13,15,19,26-27,35,53H,11,14,16-17H2,1-4H3,(H,48,49)/t19-,26+,27-/m1/s1. The molecule has 10 nitrogen and oxygen atoms in total. The van der Waals surface area contributed by atoms with E-state index >= 15 is 8.78 Å². The number of carbonyl (C=O) groups is 1. The molecule has 3 aromatic heterocycles. The number of carbonyl (C=O) groups excluding carboxylic acids is 1. The van der Waals surface area contributed by atoms with Gasteiger partial charge in [-0.25, -0.2) is 31.0 Å². The van der Waals surface area contributed by atoms with Crippen LogP contribution >= 0.6 is 11.6 Å². The van der Waals surface area contributed by atoms with E-state index in [9.17, 15) is 35.9 Å². The van der Waals surface area contributed by atoms with Crippen LogP contribution in [-0.4, -0.2) is 55.7 Å². The van der Waals surface area contributed by atoms with Crippen LogP contribution in [0.25, 0.3) is 22.0 Å². The molecule has 0 bridgehead atoms. The highest BCUT2D eigenvalue weighted by atomic mass is 35.5. The Morgan fingerprint density at radius 2 is 1.77 bits per heavy atom. The van der Waals surface area contributed by atoms with Crippen LogP contribution in [0.1, 0.15) is 78.9 Å². The van der Waals surface area contributed by atoms with E-state index in [1.807, 2.05) is 0 Å². The Morgan fingerprint density at radius 1 is 1.09 bits per heavy atom. The summed E-state index contributed by atoms with van der Waals surface area (Å²) in [5.74, 6) is -3.65. The third-order valence-corrected chi connectivity index (χ3v) is 10.6. The number of pyridine rings is 1. The van der Waals surface area contributed by atoms with Gasteiger partial charge in [-0.2, -0.15) is 19.0 Å². The van der Waals surface area contributed by atoms with Gasteiger partial charge < -0.3 is 5.11 Å². The van der Waals surface area contributed by atoms with Gasteiger partial charge in [0, 0.05) is 48.1 Å². The summed E-state index contributed by atoms with van der Waals surface area (Å²) in [4.78, 5) is 18.8. The van der Waals surface area contributed by atoms with E-state index in [4.69, 9.17) is 16.6 Å². The Kier molecular flexibility index (Phi) is 9.78. The second kappa shape index (κ2) is 13.9. The molecule has 1 saturated carbocycles. The highest BCUT2D eigenvalue weighted by molar-refractivity contribution is 7.92. The molecule has 18 heteroatoms. The Labute approximate surface area is 321 Å². The number of rotatable bonds is 11. The fourth-order valence-electron chi connectivity index (χ4n) is 7.51. The van der Waals surface area contributed by atoms with Crippen molar-refractivity contribution < 1.29 is 44.7 Å². The van der Waals surface area contributed by atoms with E-state index in [-0.39, 0.29) is 51.6 Å². The van der Waals surface area contributed by atoms with Crippen molar-refractivity contribution >= 4 is 44.1 Å². The van der Waals surface area contributed by atoms with E-state index in [0.29, 0.717) is 27.4 Å². The molecular formula is C38H33ClF6N6O4S. The van der Waals surface area contributed by atoms with Crippen LogP contribution in [0.2, 0.25) is 5.02 Å². The largest absolute Gasteiger partial charge is 0.378 e. The van der Waals surface area contributed by atoms with E-state index in [1.54, 1.807) is 19.2 Å². The van der Waals surface area contributed by atoms with Crippen LogP contribution in [0.4, 0.5) is 32.2 Å². The van der Waals surface area contributed by atoms with E-state index in [0.717, 1.165) is 18.4 Å². The molecule has 56 heavy (non-hydrogen) atoms. The summed E-state index contributed by atoms with van der Waals surface area (Å²) in [7, 11) is -2.28. The number of aryl methyl sites for hydroxylation is 1. The summed E-state index contributed by atoms with van der Waals surface area (Å²) in [6.07, 6.45) is -2.91. The van der Waals surface area contributed by atoms with Crippen molar-refractivity contribution in [2.24, 2.45) is 13.0 Å². The third kappa shape index (κ3) is 7.61. The zero-order chi connectivity index (χ0) is 40.6. The molecule has 5 aromatic rings. The number of aromatic nitrogens is 5. The Morgan fingerprint density at radius 3 is 2.41 bits per heavy atom. The SMILES string of the molecule is Cn1nc(NS(C)(=O)=O)c2c(Cl)ccc(-c3ccc(C#CC(C)(C)O)nc3[C@@H](CC(=O)Cn3nc(C(F)F)c4c3C(F)(F)[C@@H]3C[C@H]43)Cc3cc(F)cc(F)c3)c21. The molecular weight excluding hydrogens is 786 g/mol. The number of sulfonamides is 1. The number of halogens is 7. The average Bonchev–Trinajstić information content (AvgIpc) is 3.62. The molecule has 1 fully saturated rings. The Bertz CT molecular complexity index is 2590. The molecule has 0 radical (unpaired) electrons. The number of benzene rings is 2. The molecule has 0 spiro atoms. The van der Waals surface area contributed by atoms with Gasteiger partial charge in [0.1, 0.15) is 40.9 Å². The van der Waals surface area contributed by atoms with Crippen LogP contribution in [0.5, 0.6) is 0 Å². The van der Waals surface area contributed by atoms with Gasteiger partial charge in [0.2, 0.25) is 10.0 Å². The highest BCUT2D eigenvalue weighted by Crippen LogP contribution is 2.68. The molecule has 2 aliphatic rings. The van der Waals surface area contributed by atoms with E-state index in [2.05, 4.69) is 26.8 Å². The number of fused-ring (bicyclic) bond motifs is 4. The molecule has 0 aliphatic heterocycles. The maximum atomic E-state index is 15.4. The second-order valence-electron chi connectivity index (χ2n) is 14.7. The first-order chi connectivity index (χ1) is 26.1. The summed E-state index contributed by atoms with van der Waals surface area (Å²) in [6.45, 7) is 2.09. The van der Waals surface area contributed by atoms with Crippen molar-refractivity contribution in [3.63, 3.8) is 0 Å². The molecule has 3 heterocycles. The minimum Gasteiger partial charge on any atom is -0.378 e. The molecule has 0 amide bonds. The summed E-state index contributed by atoms with van der Waals surface area (Å²) in [5, 5.41) is 18.8. The number of alkyl halides is 4. The number of anilines is 1. The molecule has 3 atom stereocenters. The number of Topliss-reactive ketones (excluding diaryl/α,β-unsaturated/α-hetero) is 1. The lowest BCUT2D eigenvalue weighted by atomic mass is 9.86. The van der Waals surface area contributed by atoms with Crippen LogP contribution < -0.4 is 4.72 Å². The summed E-state index contributed by atoms with van der Waals surface area (Å²) in [5.41, 5.74) is -1.78. The predicted octanol–water partition coefficient (Wildman–Crippen LogP) is 7.39. The minimum absolute atomic E-state index is 0.0349. The van der Waals surface area contributed by atoms with Gasteiger partial charge in [-0.3, -0.25) is 18.9 Å². The molecule has 2 aromatic carbocycles. The van der Waals surface area contributed by atoms with Gasteiger partial charge in [0.15, 0.2) is 11.6 Å². The molecule has 2 N–H and O–H groups in total. The van der Waals surface area contributed by atoms with Gasteiger partial charge in [0.25, 0.3) is 12.3 Å². The van der Waals surface area contributed by atoms with Gasteiger partial charge in [0.05, 0.1) is 27.9 Å². The Balaban J connectivity index is 1.39. The maximum absolute atomic E-state index is 15.4. The van der Waals surface area contributed by atoms with Gasteiger partial charge in [-0.15, -0.1) is 0 Å². The number of hydrogen-bond acceptors (Lipinski definition) is 7. The fourth-order valence-corrected chi connectivity index (χ4v) is 8.24. The summed E-state index contributed by atoms with van der Waals surface area (Å²) >= 11 is 6.58. The van der Waals surface area contributed by atoms with Crippen molar-refractivity contribution in [2.75, 3.05) is 11.0 Å². The summed E-state index contributed by atoms with van der Waals surface area (Å²) < 4.78 is 117. The van der Waals surface area contributed by atoms with Crippen molar-refractivity contribution in [1.29, 1.82) is 0 Å². The van der Waals surface area contributed by atoms with Gasteiger partial charge in [-0.05, 0) is 74.4 Å². The smallest absolute Gasteiger partial charge is 0.293 e. The van der Waals surface area contributed by atoms with Crippen LogP contribution in [-0.2, 0) is 40.8 Å². The normalized spacial score (nSPS) is 17.7. The Hall–Kier alpha value is -4.92. The molecule has 294 valence electrons. The first-order valence-corrected chi connectivity index (χ1v) is 19.5. The van der Waals surface area contributed by atoms with E-state index in [1.165, 1.54) is 30.7 Å². The zero-order valence-electron chi connectivity index (χ0n) is 30.1. The minimum atomic E-state index is -3.82. The van der Waals surface area contributed by atoms with Crippen LogP contribution in [0, 0.1) is 29.4 Å². The molecule has 0 unspecified atom stereocenters. The van der Waals surface area contributed by atoms with Crippen LogP contribution in [0.15, 0.2) is 42.5 Å². The average molecular weight is 819 g/mol. The first kappa shape index (κ1) is 39.3. The quantitative estimate of drug-likeness (QED) is 0.105. The van der Waals surface area contributed by atoms with Gasteiger partial charge >= 0.3 is 0 Å². The number of nitrogens with zero attached hydrogens (tertiary/aromatic N) is 5. The summed E-state index contributed by atoms with van der Waals surface area (Å²) in [6, 6.07) is 9.01. The van der Waals surface area contributed by atoms with Crippen LogP contribution in [0.3, 0.4) is 0 Å². The van der Waals surface area contributed by atoms with Crippen molar-refractivity contribution in [3.05, 3.63) is 93.0 Å². The van der Waals surface area contributed by atoms with Crippen molar-refractivity contribution in [2.45, 2.75) is 69.4 Å². The van der Waals surface area contributed by atoms with Gasteiger partial charge in [-0.1, -0.05) is 23.6 Å². The van der Waals surface area contributed by atoms with E-state index < -0.39 is 87.5 Å². The van der Waals surface area contributed by atoms with Crippen molar-refractivity contribution in [3.8, 4) is 23.0 Å². The number of ketones is 1. The first-order valence-electron chi connectivity index (χ1n) is 17.2. The predicted molar refractivity (Wildman–Crippen MR) is 195 cm³/mol. The highest BCUT2D eigenvalue weighted by Gasteiger charge is 2.67. The molecule has 2 aliphatic carbocycles. The lowest BCUT2D eigenvalue weighted by molar-refractivity contribution is -0.120. The monoisotopic (exact) mass is 818 g/mol. The zero-order valence-corrected chi connectivity index (χ0v) is 31.7. The third-order valence-electron chi connectivity index (χ3n) is 9.69. The number of hydrogen-bond donors (Lipinski definition) is 2. The number of nitrogens with one attached hydrogen (secondary N) is 1. The lowest BCUT2D eigenvalue weighted by Gasteiger charge is -2.22. The maximum Gasteiger partial charge on any atom is 0.293 e. The molecule has 7 rings (SSSR count). The topological polar surface area (TPSA) is 132 Å². The second-order valence-corrected chi connectivity index (χ2v) is 16.9.